The third kappa shape index (κ3) is 3.83. The average Bonchev–Trinajstić information content (AvgIpc) is 2.61. The zero-order chi connectivity index (χ0) is 17.1. The molecular formula is C20H23FN2O2. The van der Waals surface area contributed by atoms with E-state index in [9.17, 15) is 4.39 Å². The maximum Gasteiger partial charge on any atom is 0.213 e. The van der Waals surface area contributed by atoms with E-state index in [1.807, 2.05) is 18.2 Å². The topological polar surface area (TPSA) is 43.4 Å². The van der Waals surface area contributed by atoms with Crippen molar-refractivity contribution in [3.05, 3.63) is 59.0 Å². The van der Waals surface area contributed by atoms with Gasteiger partial charge in [-0.3, -0.25) is 0 Å². The molecule has 0 atom stereocenters. The van der Waals surface area contributed by atoms with Gasteiger partial charge in [0.1, 0.15) is 12.4 Å². The number of hydrogen-bond acceptors (Lipinski definition) is 4. The molecule has 0 spiro atoms. The number of nitrogens with zero attached hydrogens (tertiary/aromatic N) is 1. The summed E-state index contributed by atoms with van der Waals surface area (Å²) in [4.78, 5) is 4.62. The van der Waals surface area contributed by atoms with Crippen molar-refractivity contribution in [2.45, 2.75) is 31.3 Å². The fourth-order valence-electron chi connectivity index (χ4n) is 3.37. The number of pyridine rings is 1. The van der Waals surface area contributed by atoms with Crippen molar-refractivity contribution in [2.75, 3.05) is 26.3 Å². The van der Waals surface area contributed by atoms with Gasteiger partial charge in [0.05, 0.1) is 13.2 Å². The van der Waals surface area contributed by atoms with Gasteiger partial charge >= 0.3 is 0 Å². The summed E-state index contributed by atoms with van der Waals surface area (Å²) in [6, 6.07) is 11.2. The highest BCUT2D eigenvalue weighted by atomic mass is 19.1. The molecule has 3 heterocycles. The van der Waals surface area contributed by atoms with Crippen LogP contribution < -0.4 is 10.1 Å². The minimum Gasteiger partial charge on any atom is -0.473 e. The number of hydrogen-bond donors (Lipinski definition) is 1. The lowest BCUT2D eigenvalue weighted by atomic mass is 9.94. The van der Waals surface area contributed by atoms with Crippen LogP contribution in [0.15, 0.2) is 36.4 Å². The Morgan fingerprint density at radius 3 is 2.68 bits per heavy atom. The molecule has 1 N–H and O–H groups in total. The maximum atomic E-state index is 14.3. The van der Waals surface area contributed by atoms with Crippen molar-refractivity contribution in [1.82, 2.24) is 10.3 Å². The summed E-state index contributed by atoms with van der Waals surface area (Å²) in [6.45, 7) is 3.61. The SMILES string of the molecule is Fc1cc(C2COC2)ccc1COc1cccc(C2CCNCC2)n1. The molecule has 4 rings (SSSR count). The number of benzene rings is 1. The van der Waals surface area contributed by atoms with Crippen LogP contribution in [0.2, 0.25) is 0 Å². The first-order valence-electron chi connectivity index (χ1n) is 8.96. The van der Waals surface area contributed by atoms with Crippen molar-refractivity contribution in [3.8, 4) is 5.88 Å². The summed E-state index contributed by atoms with van der Waals surface area (Å²) < 4.78 is 25.2. The largest absolute Gasteiger partial charge is 0.473 e. The number of aromatic nitrogens is 1. The molecule has 0 amide bonds. The number of nitrogens with one attached hydrogen (secondary N) is 1. The van der Waals surface area contributed by atoms with Gasteiger partial charge in [0.2, 0.25) is 5.88 Å². The lowest BCUT2D eigenvalue weighted by molar-refractivity contribution is 0.00830. The van der Waals surface area contributed by atoms with E-state index in [4.69, 9.17) is 9.47 Å². The molecule has 1 aromatic carbocycles. The van der Waals surface area contributed by atoms with Crippen molar-refractivity contribution < 1.29 is 13.9 Å². The molecule has 132 valence electrons. The van der Waals surface area contributed by atoms with E-state index < -0.39 is 0 Å². The van der Waals surface area contributed by atoms with E-state index in [0.717, 1.165) is 37.2 Å². The van der Waals surface area contributed by atoms with Crippen LogP contribution in [0.1, 0.15) is 41.5 Å². The van der Waals surface area contributed by atoms with Crippen molar-refractivity contribution in [1.29, 1.82) is 0 Å². The molecule has 2 aromatic rings. The van der Waals surface area contributed by atoms with Crippen LogP contribution in [-0.2, 0) is 11.3 Å². The number of halogens is 1. The number of ether oxygens (including phenoxy) is 2. The molecule has 2 fully saturated rings. The van der Waals surface area contributed by atoms with E-state index in [1.54, 1.807) is 12.1 Å². The van der Waals surface area contributed by atoms with Crippen LogP contribution >= 0.6 is 0 Å². The second-order valence-electron chi connectivity index (χ2n) is 6.80. The summed E-state index contributed by atoms with van der Waals surface area (Å²) in [5.41, 5.74) is 2.62. The summed E-state index contributed by atoms with van der Waals surface area (Å²) in [5.74, 6) is 1.14. The Morgan fingerprint density at radius 2 is 1.96 bits per heavy atom. The van der Waals surface area contributed by atoms with Gasteiger partial charge < -0.3 is 14.8 Å². The molecular weight excluding hydrogens is 319 g/mol. The van der Waals surface area contributed by atoms with E-state index in [2.05, 4.69) is 16.4 Å². The van der Waals surface area contributed by atoms with Crippen LogP contribution in [0.4, 0.5) is 4.39 Å². The molecule has 25 heavy (non-hydrogen) atoms. The van der Waals surface area contributed by atoms with Gasteiger partial charge in [0.15, 0.2) is 0 Å². The third-order valence-corrected chi connectivity index (χ3v) is 5.06. The summed E-state index contributed by atoms with van der Waals surface area (Å²) in [7, 11) is 0. The smallest absolute Gasteiger partial charge is 0.213 e. The molecule has 0 radical (unpaired) electrons. The van der Waals surface area contributed by atoms with Crippen LogP contribution in [-0.4, -0.2) is 31.3 Å². The molecule has 1 aromatic heterocycles. The first kappa shape index (κ1) is 16.5. The Balaban J connectivity index is 1.40. The van der Waals surface area contributed by atoms with Crippen molar-refractivity contribution in [3.63, 3.8) is 0 Å². The van der Waals surface area contributed by atoms with Crippen molar-refractivity contribution >= 4 is 0 Å². The Bertz CT molecular complexity index is 727. The Hall–Kier alpha value is -1.98. The molecule has 2 aliphatic heterocycles. The monoisotopic (exact) mass is 342 g/mol. The molecule has 0 aliphatic carbocycles. The lowest BCUT2D eigenvalue weighted by Gasteiger charge is -2.26. The number of piperidine rings is 1. The molecule has 4 nitrogen and oxygen atoms in total. The molecule has 2 aliphatic rings. The second-order valence-corrected chi connectivity index (χ2v) is 6.80. The highest BCUT2D eigenvalue weighted by molar-refractivity contribution is 5.28. The fourth-order valence-corrected chi connectivity index (χ4v) is 3.37. The highest BCUT2D eigenvalue weighted by Crippen LogP contribution is 2.27. The fraction of sp³-hybridized carbons (Fsp3) is 0.450. The van der Waals surface area contributed by atoms with Crippen LogP contribution in [0.25, 0.3) is 0 Å². The maximum absolute atomic E-state index is 14.3. The van der Waals surface area contributed by atoms with Crippen LogP contribution in [0, 0.1) is 5.82 Å². The van der Waals surface area contributed by atoms with Gasteiger partial charge in [-0.2, -0.15) is 0 Å². The molecule has 0 saturated carbocycles. The molecule has 5 heteroatoms. The number of rotatable bonds is 5. The van der Waals surface area contributed by atoms with Gasteiger partial charge in [-0.15, -0.1) is 0 Å². The van der Waals surface area contributed by atoms with Crippen LogP contribution in [0.3, 0.4) is 0 Å². The minimum absolute atomic E-state index is 0.190. The van der Waals surface area contributed by atoms with Gasteiger partial charge in [0.25, 0.3) is 0 Å². The minimum atomic E-state index is -0.223. The predicted octanol–water partition coefficient (Wildman–Crippen LogP) is 3.38. The molecule has 0 bridgehead atoms. The van der Waals surface area contributed by atoms with Gasteiger partial charge in [-0.05, 0) is 43.6 Å². The van der Waals surface area contributed by atoms with Crippen molar-refractivity contribution in [2.24, 2.45) is 0 Å². The second kappa shape index (κ2) is 7.50. The standard InChI is InChI=1S/C20H23FN2O2/c21-18-10-15(17-11-24-12-17)4-5-16(18)13-25-20-3-1-2-19(23-20)14-6-8-22-9-7-14/h1-5,10,14,17,22H,6-9,11-13H2. The predicted molar refractivity (Wildman–Crippen MR) is 93.4 cm³/mol. The van der Waals surface area contributed by atoms with Gasteiger partial charge in [0, 0.05) is 29.2 Å². The Kier molecular flexibility index (Phi) is 4.95. The van der Waals surface area contributed by atoms with E-state index in [-0.39, 0.29) is 12.4 Å². The quantitative estimate of drug-likeness (QED) is 0.905. The molecule has 0 unspecified atom stereocenters. The van der Waals surface area contributed by atoms with Gasteiger partial charge in [-0.1, -0.05) is 18.2 Å². The third-order valence-electron chi connectivity index (χ3n) is 5.06. The van der Waals surface area contributed by atoms with Crippen LogP contribution in [0.5, 0.6) is 5.88 Å². The lowest BCUT2D eigenvalue weighted by Crippen LogP contribution is -2.27. The Labute approximate surface area is 147 Å². The zero-order valence-corrected chi connectivity index (χ0v) is 14.2. The molecule has 2 saturated heterocycles. The summed E-state index contributed by atoms with van der Waals surface area (Å²) in [5, 5.41) is 3.36. The van der Waals surface area contributed by atoms with E-state index in [1.165, 1.54) is 0 Å². The van der Waals surface area contributed by atoms with Gasteiger partial charge in [-0.25, -0.2) is 9.37 Å². The zero-order valence-electron chi connectivity index (χ0n) is 14.2. The first-order chi connectivity index (χ1) is 12.3. The first-order valence-corrected chi connectivity index (χ1v) is 8.96. The summed E-state index contributed by atoms with van der Waals surface area (Å²) >= 11 is 0. The normalized spacial score (nSPS) is 18.8. The average molecular weight is 342 g/mol. The van der Waals surface area contributed by atoms with E-state index >= 15 is 0 Å². The van der Waals surface area contributed by atoms with E-state index in [0.29, 0.717) is 36.5 Å². The highest BCUT2D eigenvalue weighted by Gasteiger charge is 2.21. The summed E-state index contributed by atoms with van der Waals surface area (Å²) in [6.07, 6.45) is 2.19. The Morgan fingerprint density at radius 1 is 1.12 bits per heavy atom.